The molecular formula is C72H144N4O8Pt. The molecule has 0 fully saturated rings. The maximum absolute atomic E-state index is 10.2. The minimum absolute atomic E-state index is 0. The molecule has 0 saturated heterocycles. The number of hydrogen-bond acceptors (Lipinski definition) is 12. The van der Waals surface area contributed by atoms with E-state index in [1.54, 1.807) is 0 Å². The first kappa shape index (κ1) is 101. The number of carboxylic acid groups (broad SMARTS) is 4. The van der Waals surface area contributed by atoms with Crippen molar-refractivity contribution < 1.29 is 60.7 Å². The fourth-order valence-electron chi connectivity index (χ4n) is 9.36. The fraction of sp³-hybridized carbons (Fsp3) is 0.833. The van der Waals surface area contributed by atoms with Crippen molar-refractivity contribution in [2.45, 2.75) is 387 Å². The van der Waals surface area contributed by atoms with Crippen LogP contribution < -0.4 is 45.0 Å². The van der Waals surface area contributed by atoms with Crippen LogP contribution in [0.2, 0.25) is 0 Å². The van der Waals surface area contributed by atoms with Crippen LogP contribution in [-0.4, -0.2) is 23.9 Å². The second kappa shape index (κ2) is 97.6. The number of rotatable bonds is 60. The van der Waals surface area contributed by atoms with Crippen LogP contribution in [0.1, 0.15) is 387 Å². The van der Waals surface area contributed by atoms with E-state index in [-0.39, 0.29) is 71.4 Å². The van der Waals surface area contributed by atoms with E-state index in [0.29, 0.717) is 0 Å². The summed E-state index contributed by atoms with van der Waals surface area (Å²) in [5, 5.41) is 40.9. The van der Waals surface area contributed by atoms with Gasteiger partial charge in [0.1, 0.15) is 0 Å². The Morgan fingerprint density at radius 3 is 0.424 bits per heavy atom. The summed E-state index contributed by atoms with van der Waals surface area (Å²) in [5.41, 5.74) is 0. The summed E-state index contributed by atoms with van der Waals surface area (Å²) in [4.78, 5) is 40.9. The first-order chi connectivity index (χ1) is 39.1. The number of carboxylic acids is 4. The summed E-state index contributed by atoms with van der Waals surface area (Å²) in [6, 6.07) is 0. The molecule has 0 radical (unpaired) electrons. The monoisotopic (exact) mass is 1390 g/mol. The van der Waals surface area contributed by atoms with Gasteiger partial charge in [0, 0.05) is 23.9 Å². The number of unbranched alkanes of at least 4 members (excludes halogenated alkanes) is 44. The molecule has 85 heavy (non-hydrogen) atoms. The Morgan fingerprint density at radius 1 is 0.200 bits per heavy atom. The second-order valence-electron chi connectivity index (χ2n) is 22.8. The van der Waals surface area contributed by atoms with Crippen LogP contribution in [0.25, 0.3) is 0 Å². The van der Waals surface area contributed by atoms with Crippen LogP contribution in [0.5, 0.6) is 0 Å². The van der Waals surface area contributed by atoms with Crippen molar-refractivity contribution in [3.05, 3.63) is 48.6 Å². The van der Waals surface area contributed by atoms with Gasteiger partial charge in [-0.25, -0.2) is 0 Å². The van der Waals surface area contributed by atoms with Gasteiger partial charge in [0.2, 0.25) is 0 Å². The number of carbonyl (C=O) groups is 4. The van der Waals surface area contributed by atoms with E-state index in [2.05, 4.69) is 76.3 Å². The van der Waals surface area contributed by atoms with E-state index in [4.69, 9.17) is 0 Å². The quantitative estimate of drug-likeness (QED) is 0.0326. The molecule has 510 valence electrons. The maximum atomic E-state index is 10.2. The summed E-state index contributed by atoms with van der Waals surface area (Å²) in [5.74, 6) is -3.66. The molecule has 0 aromatic carbocycles. The molecule has 12 nitrogen and oxygen atoms in total. The van der Waals surface area contributed by atoms with Crippen LogP contribution in [0, 0.1) is 0 Å². The van der Waals surface area contributed by atoms with Crippen molar-refractivity contribution >= 4 is 23.9 Å². The van der Waals surface area contributed by atoms with Gasteiger partial charge >= 0.3 is 21.1 Å². The van der Waals surface area contributed by atoms with Gasteiger partial charge in [-0.05, 0) is 154 Å². The third-order valence-corrected chi connectivity index (χ3v) is 14.6. The minimum atomic E-state index is -0.914. The van der Waals surface area contributed by atoms with Gasteiger partial charge in [-0.3, -0.25) is 0 Å². The molecule has 12 N–H and O–H groups in total. The van der Waals surface area contributed by atoms with E-state index in [1.165, 1.54) is 257 Å². The normalized spacial score (nSPS) is 10.6. The number of carbonyl (C=O) groups excluding carboxylic acids is 4. The molecule has 0 aliphatic rings. The predicted molar refractivity (Wildman–Crippen MR) is 358 cm³/mol. The first-order valence-corrected chi connectivity index (χ1v) is 34.5. The van der Waals surface area contributed by atoms with Crippen molar-refractivity contribution in [2.75, 3.05) is 0 Å². The van der Waals surface area contributed by atoms with Gasteiger partial charge in [-0.15, -0.1) is 0 Å². The van der Waals surface area contributed by atoms with Crippen LogP contribution >= 0.6 is 0 Å². The Kier molecular flexibility index (Phi) is 116. The Labute approximate surface area is 542 Å². The molecule has 0 aromatic rings. The SMILES string of the molecule is CCCCCCCC/C=C\CCCCCCCC(=O)[O-].CCCCCCCC/C=C\CCCCCCCC(=O)[O-].CCCCCCCC/C=C\CCCCCCCC(=O)[O-].CCCCCCCC/C=C\CCCCCCCC(=O)[O-].N.N.N.N.[Pt+4]. The van der Waals surface area contributed by atoms with E-state index in [9.17, 15) is 39.6 Å². The second-order valence-corrected chi connectivity index (χ2v) is 22.8. The van der Waals surface area contributed by atoms with Gasteiger partial charge in [0.25, 0.3) is 0 Å². The molecule has 13 heteroatoms. The molecule has 0 aromatic heterocycles. The van der Waals surface area contributed by atoms with E-state index >= 15 is 0 Å². The van der Waals surface area contributed by atoms with E-state index in [1.807, 2.05) is 0 Å². The number of aliphatic carboxylic acids is 4. The molecule has 0 bridgehead atoms. The average Bonchev–Trinajstić information content (AvgIpc) is 3.43. The summed E-state index contributed by atoms with van der Waals surface area (Å²) < 4.78 is 0. The molecule has 0 saturated carbocycles. The molecule has 0 aliphatic carbocycles. The van der Waals surface area contributed by atoms with Gasteiger partial charge < -0.3 is 64.2 Å². The van der Waals surface area contributed by atoms with Crippen molar-refractivity contribution in [1.29, 1.82) is 0 Å². The summed E-state index contributed by atoms with van der Waals surface area (Å²) in [6.07, 6.45) is 83.6. The van der Waals surface area contributed by atoms with Crippen LogP contribution in [0.4, 0.5) is 0 Å². The third kappa shape index (κ3) is 120. The Bertz CT molecular complexity index is 1170. The molecule has 0 aliphatic heterocycles. The van der Waals surface area contributed by atoms with Gasteiger partial charge in [-0.2, -0.15) is 0 Å². The standard InChI is InChI=1S/4C18H34O2.4H3N.Pt/c4*1-2-3-4-5-6-7-8-9-10-11-12-13-14-15-16-17-18(19)20;;;;;/h4*9-10H,2-8,11-17H2,1H3,(H,19,20);4*1H3;/q;;;;;;;;+4/p-4/b4*10-9-;;;;;. The van der Waals surface area contributed by atoms with Gasteiger partial charge in [0.15, 0.2) is 0 Å². The zero-order valence-corrected chi connectivity index (χ0v) is 58.9. The maximum Gasteiger partial charge on any atom is 4.00 e. The Hall–Kier alpha value is -2.63. The van der Waals surface area contributed by atoms with E-state index in [0.717, 1.165) is 77.0 Å². The molecule has 0 rings (SSSR count). The summed E-state index contributed by atoms with van der Waals surface area (Å²) in [6.45, 7) is 9.02. The van der Waals surface area contributed by atoms with Crippen LogP contribution in [0.3, 0.4) is 0 Å². The van der Waals surface area contributed by atoms with E-state index < -0.39 is 23.9 Å². The zero-order chi connectivity index (χ0) is 59.6. The summed E-state index contributed by atoms with van der Waals surface area (Å²) in [7, 11) is 0. The molecule has 0 atom stereocenters. The van der Waals surface area contributed by atoms with Crippen molar-refractivity contribution in [2.24, 2.45) is 0 Å². The van der Waals surface area contributed by atoms with Crippen LogP contribution in [-0.2, 0) is 40.2 Å². The Balaban J connectivity index is -0.000000127. The summed E-state index contributed by atoms with van der Waals surface area (Å²) >= 11 is 0. The van der Waals surface area contributed by atoms with Crippen molar-refractivity contribution in [1.82, 2.24) is 24.6 Å². The molecule has 0 heterocycles. The fourth-order valence-corrected chi connectivity index (χ4v) is 9.36. The smallest absolute Gasteiger partial charge is 0.550 e. The van der Waals surface area contributed by atoms with Crippen LogP contribution in [0.15, 0.2) is 48.6 Å². The van der Waals surface area contributed by atoms with Gasteiger partial charge in [0.05, 0.1) is 0 Å². The topological polar surface area (TPSA) is 301 Å². The molecule has 0 amide bonds. The van der Waals surface area contributed by atoms with Gasteiger partial charge in [-0.1, -0.05) is 282 Å². The van der Waals surface area contributed by atoms with Crippen molar-refractivity contribution in [3.8, 4) is 0 Å². The average molecular weight is 1390 g/mol. The zero-order valence-electron chi connectivity index (χ0n) is 56.6. The number of hydrogen-bond donors (Lipinski definition) is 4. The molecular weight excluding hydrogens is 1240 g/mol. The molecule has 0 spiro atoms. The minimum Gasteiger partial charge on any atom is -0.550 e. The first-order valence-electron chi connectivity index (χ1n) is 34.5. The largest absolute Gasteiger partial charge is 4.00 e. The Morgan fingerprint density at radius 2 is 0.306 bits per heavy atom. The third-order valence-electron chi connectivity index (χ3n) is 14.6. The predicted octanol–water partition coefficient (Wildman–Crippen LogP) is 19.7. The molecule has 0 unspecified atom stereocenters. The number of allylic oxidation sites excluding steroid dienone is 8. The van der Waals surface area contributed by atoms with Crippen molar-refractivity contribution in [3.63, 3.8) is 0 Å².